The van der Waals surface area contributed by atoms with Crippen molar-refractivity contribution in [2.24, 2.45) is 0 Å². The van der Waals surface area contributed by atoms with E-state index in [4.69, 9.17) is 0 Å². The third-order valence-electron chi connectivity index (χ3n) is 7.17. The molecule has 2 aromatic heterocycles. The maximum absolute atomic E-state index is 14.6. The topological polar surface area (TPSA) is 79.5 Å². The molecular weight excluding hydrogens is 481 g/mol. The second kappa shape index (κ2) is 10.7. The number of hydrogen-bond acceptors (Lipinski definition) is 5. The van der Waals surface area contributed by atoms with Crippen LogP contribution in [0.2, 0.25) is 0 Å². The van der Waals surface area contributed by atoms with Gasteiger partial charge in [-0.1, -0.05) is 6.08 Å². The number of carbonyl (C=O) groups excluding carboxylic acids is 1. The van der Waals surface area contributed by atoms with Crippen LogP contribution in [0, 0.1) is 5.82 Å². The molecule has 1 saturated heterocycles. The number of nitrogens with one attached hydrogen (secondary N) is 3. The molecule has 0 spiro atoms. The normalized spacial score (nSPS) is 17.5. The summed E-state index contributed by atoms with van der Waals surface area (Å²) in [4.78, 5) is 26.9. The number of anilines is 2. The molecule has 0 bridgehead atoms. The first kappa shape index (κ1) is 26.2. The molecule has 2 aliphatic rings. The van der Waals surface area contributed by atoms with Gasteiger partial charge in [0.15, 0.2) is 0 Å². The fourth-order valence-electron chi connectivity index (χ4n) is 4.98. The molecule has 8 nitrogen and oxygen atoms in total. The number of nitrogens with zero attached hydrogens (tertiary/aromatic N) is 4. The molecule has 0 radical (unpaired) electrons. The maximum atomic E-state index is 14.6. The monoisotopic (exact) mass is 519 g/mol. The van der Waals surface area contributed by atoms with Gasteiger partial charge in [-0.05, 0) is 70.1 Å². The number of amides is 2. The fraction of sp³-hybridized carbons (Fsp3) is 0.448. The SMILES string of the molecule is CN1CCN(Cc2cc(Nc3ccnc4[nH]c(C5=CCN(C(=O)NC(C)(C)C)CC5)cc34)ccc2F)CC1. The van der Waals surface area contributed by atoms with Crippen LogP contribution in [0.15, 0.2) is 42.6 Å². The molecule has 38 heavy (non-hydrogen) atoms. The highest BCUT2D eigenvalue weighted by molar-refractivity contribution is 5.94. The highest BCUT2D eigenvalue weighted by Crippen LogP contribution is 2.31. The second-order valence-corrected chi connectivity index (χ2v) is 11.4. The van der Waals surface area contributed by atoms with Crippen molar-refractivity contribution in [1.82, 2.24) is 30.0 Å². The molecule has 0 unspecified atom stereocenters. The van der Waals surface area contributed by atoms with Gasteiger partial charge >= 0.3 is 6.03 Å². The van der Waals surface area contributed by atoms with Gasteiger partial charge in [-0.25, -0.2) is 14.2 Å². The van der Waals surface area contributed by atoms with Crippen LogP contribution in [-0.2, 0) is 6.54 Å². The zero-order valence-electron chi connectivity index (χ0n) is 22.8. The van der Waals surface area contributed by atoms with Crippen molar-refractivity contribution in [2.45, 2.75) is 39.3 Å². The van der Waals surface area contributed by atoms with Crippen molar-refractivity contribution < 1.29 is 9.18 Å². The van der Waals surface area contributed by atoms with E-state index in [1.807, 2.05) is 37.8 Å². The predicted molar refractivity (Wildman–Crippen MR) is 151 cm³/mol. The maximum Gasteiger partial charge on any atom is 0.318 e. The summed E-state index contributed by atoms with van der Waals surface area (Å²) in [5.41, 5.74) is 5.17. The van der Waals surface area contributed by atoms with Crippen LogP contribution in [0.5, 0.6) is 0 Å². The van der Waals surface area contributed by atoms with Crippen molar-refractivity contribution in [3.8, 4) is 0 Å². The van der Waals surface area contributed by atoms with Crippen LogP contribution in [0.4, 0.5) is 20.6 Å². The Morgan fingerprint density at radius 1 is 1.11 bits per heavy atom. The molecule has 0 aliphatic carbocycles. The van der Waals surface area contributed by atoms with Crippen LogP contribution in [-0.4, -0.2) is 82.6 Å². The first-order valence-electron chi connectivity index (χ1n) is 13.4. The summed E-state index contributed by atoms with van der Waals surface area (Å²) in [6.07, 6.45) is 4.64. The second-order valence-electron chi connectivity index (χ2n) is 11.4. The van der Waals surface area contributed by atoms with Gasteiger partial charge in [0.2, 0.25) is 0 Å². The summed E-state index contributed by atoms with van der Waals surface area (Å²) in [6, 6.07) is 9.25. The van der Waals surface area contributed by atoms with Crippen LogP contribution in [0.1, 0.15) is 38.4 Å². The molecule has 3 aromatic rings. The van der Waals surface area contributed by atoms with E-state index < -0.39 is 0 Å². The smallest absolute Gasteiger partial charge is 0.318 e. The van der Waals surface area contributed by atoms with Gasteiger partial charge in [-0.3, -0.25) is 4.90 Å². The quantitative estimate of drug-likeness (QED) is 0.452. The van der Waals surface area contributed by atoms with Gasteiger partial charge < -0.3 is 25.4 Å². The zero-order valence-corrected chi connectivity index (χ0v) is 22.8. The lowest BCUT2D eigenvalue weighted by Gasteiger charge is -2.32. The first-order chi connectivity index (χ1) is 18.1. The number of hydrogen-bond donors (Lipinski definition) is 3. The Morgan fingerprint density at radius 3 is 2.61 bits per heavy atom. The Hall–Kier alpha value is -3.43. The lowest BCUT2D eigenvalue weighted by molar-refractivity contribution is 0.147. The minimum absolute atomic E-state index is 0.0381. The molecule has 9 heteroatoms. The minimum Gasteiger partial charge on any atom is -0.355 e. The summed E-state index contributed by atoms with van der Waals surface area (Å²) < 4.78 is 14.6. The van der Waals surface area contributed by atoms with E-state index in [-0.39, 0.29) is 17.4 Å². The fourth-order valence-corrected chi connectivity index (χ4v) is 4.98. The van der Waals surface area contributed by atoms with E-state index in [1.54, 1.807) is 18.3 Å². The molecular formula is C29H38FN7O. The highest BCUT2D eigenvalue weighted by Gasteiger charge is 2.23. The summed E-state index contributed by atoms with van der Waals surface area (Å²) in [5.74, 6) is -0.173. The Morgan fingerprint density at radius 2 is 1.89 bits per heavy atom. The van der Waals surface area contributed by atoms with Crippen LogP contribution in [0.3, 0.4) is 0 Å². The van der Waals surface area contributed by atoms with Gasteiger partial charge in [0, 0.05) is 79.9 Å². The Bertz CT molecular complexity index is 1330. The van der Waals surface area contributed by atoms with Crippen molar-refractivity contribution in [3.05, 3.63) is 59.7 Å². The average Bonchev–Trinajstić information content (AvgIpc) is 3.32. The number of pyridine rings is 1. The van der Waals surface area contributed by atoms with Gasteiger partial charge in [-0.2, -0.15) is 0 Å². The zero-order chi connectivity index (χ0) is 26.9. The molecule has 202 valence electrons. The summed E-state index contributed by atoms with van der Waals surface area (Å²) in [5, 5.41) is 7.49. The molecule has 2 amide bonds. The van der Waals surface area contributed by atoms with E-state index in [0.717, 1.165) is 60.7 Å². The number of likely N-dealkylation sites (N-methyl/N-ethyl adjacent to an activating group) is 1. The van der Waals surface area contributed by atoms with E-state index in [0.29, 0.717) is 25.2 Å². The molecule has 4 heterocycles. The number of aromatic nitrogens is 2. The van der Waals surface area contributed by atoms with Crippen molar-refractivity contribution in [3.63, 3.8) is 0 Å². The lowest BCUT2D eigenvalue weighted by atomic mass is 10.0. The number of aromatic amines is 1. The number of piperazine rings is 1. The third-order valence-corrected chi connectivity index (χ3v) is 7.17. The van der Waals surface area contributed by atoms with E-state index in [1.165, 1.54) is 5.57 Å². The van der Waals surface area contributed by atoms with Gasteiger partial charge in [0.25, 0.3) is 0 Å². The van der Waals surface area contributed by atoms with Crippen molar-refractivity contribution in [2.75, 3.05) is 51.6 Å². The number of H-pyrrole nitrogens is 1. The molecule has 2 aliphatic heterocycles. The molecule has 3 N–H and O–H groups in total. The number of fused-ring (bicyclic) bond motifs is 1. The Kier molecular flexibility index (Phi) is 7.40. The Labute approximate surface area is 223 Å². The van der Waals surface area contributed by atoms with E-state index >= 15 is 0 Å². The summed E-state index contributed by atoms with van der Waals surface area (Å²) in [7, 11) is 2.12. The van der Waals surface area contributed by atoms with Crippen LogP contribution in [0.25, 0.3) is 16.6 Å². The average molecular weight is 520 g/mol. The number of carbonyl (C=O) groups is 1. The van der Waals surface area contributed by atoms with Crippen LogP contribution >= 0.6 is 0 Å². The van der Waals surface area contributed by atoms with Gasteiger partial charge in [-0.15, -0.1) is 0 Å². The number of rotatable bonds is 5. The largest absolute Gasteiger partial charge is 0.355 e. The molecule has 0 saturated carbocycles. The van der Waals surface area contributed by atoms with Crippen LogP contribution < -0.4 is 10.6 Å². The van der Waals surface area contributed by atoms with Gasteiger partial charge in [0.05, 0.1) is 5.69 Å². The highest BCUT2D eigenvalue weighted by atomic mass is 19.1. The third kappa shape index (κ3) is 6.16. The predicted octanol–water partition coefficient (Wildman–Crippen LogP) is 4.79. The standard InChI is InChI=1S/C29H38FN7O/c1-29(2,3)34-28(38)37-11-8-20(9-12-37)26-18-23-25(7-10-31-27(23)33-26)32-22-5-6-24(30)21(17-22)19-36-15-13-35(4)14-16-36/h5-8,10,17-18H,9,11-16,19H2,1-4H3,(H,34,38)(H2,31,32,33). The molecule has 5 rings (SSSR count). The summed E-state index contributed by atoms with van der Waals surface area (Å²) in [6.45, 7) is 11.7. The van der Waals surface area contributed by atoms with Gasteiger partial charge in [0.1, 0.15) is 11.5 Å². The lowest BCUT2D eigenvalue weighted by Crippen LogP contribution is -2.49. The number of urea groups is 1. The molecule has 1 fully saturated rings. The summed E-state index contributed by atoms with van der Waals surface area (Å²) >= 11 is 0. The van der Waals surface area contributed by atoms with E-state index in [9.17, 15) is 9.18 Å². The van der Waals surface area contributed by atoms with Crippen molar-refractivity contribution >= 4 is 34.0 Å². The first-order valence-corrected chi connectivity index (χ1v) is 13.4. The number of benzene rings is 1. The number of halogens is 1. The molecule has 1 aromatic carbocycles. The molecule has 0 atom stereocenters. The van der Waals surface area contributed by atoms with Crippen molar-refractivity contribution in [1.29, 1.82) is 0 Å². The Balaban J connectivity index is 1.31. The van der Waals surface area contributed by atoms with E-state index in [2.05, 4.69) is 49.6 Å². The minimum atomic E-state index is -0.261.